The van der Waals surface area contributed by atoms with E-state index in [1.807, 2.05) is 24.3 Å². The van der Waals surface area contributed by atoms with Crippen LogP contribution in [0.1, 0.15) is 30.9 Å². The second kappa shape index (κ2) is 4.45. The Hall–Kier alpha value is -1.42. The maximum atomic E-state index is 11.7. The number of nitrogens with two attached hydrogens (primary N) is 1. The van der Waals surface area contributed by atoms with Gasteiger partial charge in [0.25, 0.3) is 0 Å². The first kappa shape index (κ1) is 12.0. The lowest BCUT2D eigenvalue weighted by Gasteiger charge is -2.11. The predicted octanol–water partition coefficient (Wildman–Crippen LogP) is 1.53. The number of benzene rings is 1. The minimum absolute atomic E-state index is 0.0514. The molecule has 0 heterocycles. The van der Waals surface area contributed by atoms with Gasteiger partial charge in [-0.2, -0.15) is 0 Å². The summed E-state index contributed by atoms with van der Waals surface area (Å²) in [4.78, 5) is 12.1. The van der Waals surface area contributed by atoms with Crippen LogP contribution in [0.25, 0.3) is 0 Å². The average Bonchev–Trinajstić information content (AvgIpc) is 2.96. The smallest absolute Gasteiger partial charge is 0.224 e. The number of hydrogen-bond acceptors (Lipinski definition) is 2. The lowest BCUT2D eigenvalue weighted by molar-refractivity contribution is -0.121. The molecule has 1 aromatic carbocycles. The Morgan fingerprint density at radius 1 is 1.41 bits per heavy atom. The molecule has 0 saturated heterocycles. The van der Waals surface area contributed by atoms with Crippen molar-refractivity contribution in [1.29, 1.82) is 0 Å². The standard InChI is InChI=1S/C13H16N2OS/c1-13(6-7-13)15-11(16)8-9-2-4-10(5-3-9)12(14)17/h2-5H,6-8H2,1H3,(H2,14,17)(H,15,16). The van der Waals surface area contributed by atoms with Crippen molar-refractivity contribution >= 4 is 23.1 Å². The molecule has 1 aromatic rings. The van der Waals surface area contributed by atoms with E-state index >= 15 is 0 Å². The molecule has 17 heavy (non-hydrogen) atoms. The molecule has 1 fully saturated rings. The highest BCUT2D eigenvalue weighted by Gasteiger charge is 2.38. The minimum atomic E-state index is 0.0514. The molecule has 90 valence electrons. The van der Waals surface area contributed by atoms with Gasteiger partial charge in [0.15, 0.2) is 0 Å². The minimum Gasteiger partial charge on any atom is -0.389 e. The fourth-order valence-corrected chi connectivity index (χ4v) is 1.80. The highest BCUT2D eigenvalue weighted by molar-refractivity contribution is 7.80. The normalized spacial score (nSPS) is 16.3. The van der Waals surface area contributed by atoms with E-state index in [2.05, 4.69) is 12.2 Å². The molecule has 0 atom stereocenters. The van der Waals surface area contributed by atoms with Crippen LogP contribution in [0.3, 0.4) is 0 Å². The average molecular weight is 248 g/mol. The molecule has 0 aromatic heterocycles. The lowest BCUT2D eigenvalue weighted by Crippen LogP contribution is -2.35. The number of nitrogens with one attached hydrogen (secondary N) is 1. The monoisotopic (exact) mass is 248 g/mol. The SMILES string of the molecule is CC1(NC(=O)Cc2ccc(C(N)=S)cc2)CC1. The Morgan fingerprint density at radius 3 is 2.47 bits per heavy atom. The topological polar surface area (TPSA) is 55.1 Å². The second-order valence-electron chi connectivity index (χ2n) is 4.85. The molecule has 1 aliphatic carbocycles. The molecule has 0 unspecified atom stereocenters. The molecular formula is C13H16N2OS. The van der Waals surface area contributed by atoms with Gasteiger partial charge in [0.2, 0.25) is 5.91 Å². The number of amides is 1. The Bertz CT molecular complexity index is 449. The number of carbonyl (C=O) groups is 1. The van der Waals surface area contributed by atoms with Crippen molar-refractivity contribution in [1.82, 2.24) is 5.32 Å². The van der Waals surface area contributed by atoms with Crippen LogP contribution in [0.2, 0.25) is 0 Å². The molecule has 0 spiro atoms. The van der Waals surface area contributed by atoms with E-state index in [0.29, 0.717) is 11.4 Å². The van der Waals surface area contributed by atoms with Crippen molar-refractivity contribution in [2.75, 3.05) is 0 Å². The van der Waals surface area contributed by atoms with Crippen molar-refractivity contribution in [2.24, 2.45) is 5.73 Å². The van der Waals surface area contributed by atoms with Gasteiger partial charge >= 0.3 is 0 Å². The van der Waals surface area contributed by atoms with Gasteiger partial charge in [-0.3, -0.25) is 4.79 Å². The van der Waals surface area contributed by atoms with E-state index < -0.39 is 0 Å². The molecule has 3 N–H and O–H groups in total. The van der Waals surface area contributed by atoms with Crippen molar-refractivity contribution in [3.63, 3.8) is 0 Å². The highest BCUT2D eigenvalue weighted by atomic mass is 32.1. The molecule has 0 radical (unpaired) electrons. The van der Waals surface area contributed by atoms with E-state index in [-0.39, 0.29) is 11.4 Å². The van der Waals surface area contributed by atoms with Crippen molar-refractivity contribution < 1.29 is 4.79 Å². The van der Waals surface area contributed by atoms with E-state index in [0.717, 1.165) is 24.0 Å². The summed E-state index contributed by atoms with van der Waals surface area (Å²) in [6.07, 6.45) is 2.57. The van der Waals surface area contributed by atoms with Gasteiger partial charge in [0.1, 0.15) is 4.99 Å². The van der Waals surface area contributed by atoms with Gasteiger partial charge in [-0.25, -0.2) is 0 Å². The summed E-state index contributed by atoms with van der Waals surface area (Å²) in [7, 11) is 0. The third kappa shape index (κ3) is 3.27. The van der Waals surface area contributed by atoms with Crippen molar-refractivity contribution in [3.8, 4) is 0 Å². The molecule has 0 bridgehead atoms. The third-order valence-electron chi connectivity index (χ3n) is 3.04. The first-order chi connectivity index (χ1) is 7.98. The predicted molar refractivity (Wildman–Crippen MR) is 71.8 cm³/mol. The van der Waals surface area contributed by atoms with E-state index in [9.17, 15) is 4.79 Å². The van der Waals surface area contributed by atoms with Crippen LogP contribution in [0.5, 0.6) is 0 Å². The Morgan fingerprint density at radius 2 is 2.00 bits per heavy atom. The first-order valence-electron chi connectivity index (χ1n) is 5.68. The van der Waals surface area contributed by atoms with Gasteiger partial charge in [-0.1, -0.05) is 36.5 Å². The fourth-order valence-electron chi connectivity index (χ4n) is 1.67. The van der Waals surface area contributed by atoms with Crippen LogP contribution >= 0.6 is 12.2 Å². The van der Waals surface area contributed by atoms with Gasteiger partial charge in [-0.05, 0) is 25.3 Å². The summed E-state index contributed by atoms with van der Waals surface area (Å²) < 4.78 is 0. The lowest BCUT2D eigenvalue weighted by atomic mass is 10.1. The molecule has 3 nitrogen and oxygen atoms in total. The third-order valence-corrected chi connectivity index (χ3v) is 3.28. The van der Waals surface area contributed by atoms with E-state index in [1.165, 1.54) is 0 Å². The maximum absolute atomic E-state index is 11.7. The number of rotatable bonds is 4. The summed E-state index contributed by atoms with van der Waals surface area (Å²) in [5, 5.41) is 3.03. The molecule has 4 heteroatoms. The van der Waals surface area contributed by atoms with Crippen LogP contribution in [0, 0.1) is 0 Å². The van der Waals surface area contributed by atoms with Gasteiger partial charge in [0.05, 0.1) is 6.42 Å². The fraction of sp³-hybridized carbons (Fsp3) is 0.385. The van der Waals surface area contributed by atoms with Gasteiger partial charge in [0, 0.05) is 11.1 Å². The zero-order valence-corrected chi connectivity index (χ0v) is 10.6. The molecule has 2 rings (SSSR count). The summed E-state index contributed by atoms with van der Waals surface area (Å²) in [5.74, 6) is 0.0769. The van der Waals surface area contributed by atoms with E-state index in [4.69, 9.17) is 18.0 Å². The van der Waals surface area contributed by atoms with Crippen molar-refractivity contribution in [2.45, 2.75) is 31.7 Å². The number of carbonyl (C=O) groups excluding carboxylic acids is 1. The molecule has 1 saturated carbocycles. The largest absolute Gasteiger partial charge is 0.389 e. The second-order valence-corrected chi connectivity index (χ2v) is 5.29. The Balaban J connectivity index is 1.94. The van der Waals surface area contributed by atoms with Crippen LogP contribution in [0.4, 0.5) is 0 Å². The molecular weight excluding hydrogens is 232 g/mol. The van der Waals surface area contributed by atoms with E-state index in [1.54, 1.807) is 0 Å². The molecule has 0 aliphatic heterocycles. The number of thiocarbonyl (C=S) groups is 1. The summed E-state index contributed by atoms with van der Waals surface area (Å²) in [6.45, 7) is 2.07. The summed E-state index contributed by atoms with van der Waals surface area (Å²) in [5.41, 5.74) is 7.37. The van der Waals surface area contributed by atoms with Crippen LogP contribution in [-0.2, 0) is 11.2 Å². The number of hydrogen-bond donors (Lipinski definition) is 2. The Kier molecular flexibility index (Phi) is 3.15. The van der Waals surface area contributed by atoms with Gasteiger partial charge < -0.3 is 11.1 Å². The van der Waals surface area contributed by atoms with Crippen LogP contribution in [0.15, 0.2) is 24.3 Å². The summed E-state index contributed by atoms with van der Waals surface area (Å²) in [6, 6.07) is 7.49. The van der Waals surface area contributed by atoms with Gasteiger partial charge in [-0.15, -0.1) is 0 Å². The molecule has 1 amide bonds. The highest BCUT2D eigenvalue weighted by Crippen LogP contribution is 2.34. The van der Waals surface area contributed by atoms with Crippen LogP contribution < -0.4 is 11.1 Å². The van der Waals surface area contributed by atoms with Crippen molar-refractivity contribution in [3.05, 3.63) is 35.4 Å². The Labute approximate surface area is 106 Å². The quantitative estimate of drug-likeness (QED) is 0.795. The maximum Gasteiger partial charge on any atom is 0.224 e. The first-order valence-corrected chi connectivity index (χ1v) is 6.09. The zero-order chi connectivity index (χ0) is 12.5. The summed E-state index contributed by atoms with van der Waals surface area (Å²) >= 11 is 4.87. The molecule has 1 aliphatic rings. The van der Waals surface area contributed by atoms with Crippen LogP contribution in [-0.4, -0.2) is 16.4 Å². The zero-order valence-electron chi connectivity index (χ0n) is 9.82.